The van der Waals surface area contributed by atoms with E-state index in [1.54, 1.807) is 12.1 Å². The minimum absolute atomic E-state index is 0.0501. The van der Waals surface area contributed by atoms with E-state index in [1.165, 1.54) is 0 Å². The second-order valence-corrected chi connectivity index (χ2v) is 4.01. The van der Waals surface area contributed by atoms with Crippen LogP contribution in [0.1, 0.15) is 12.5 Å². The summed E-state index contributed by atoms with van der Waals surface area (Å²) in [6.45, 7) is 2.46. The number of nitrogens with one attached hydrogen (secondary N) is 1. The minimum Gasteiger partial charge on any atom is -0.399 e. The molecule has 16 heavy (non-hydrogen) atoms. The molecule has 1 aromatic carbocycles. The Kier molecular flexibility index (Phi) is 4.79. The van der Waals surface area contributed by atoms with Crippen LogP contribution < -0.4 is 11.1 Å². The molecular weight excluding hydrogens is 204 g/mol. The molecule has 0 heterocycles. The van der Waals surface area contributed by atoms with E-state index in [9.17, 15) is 4.79 Å². The summed E-state index contributed by atoms with van der Waals surface area (Å²) in [6, 6.07) is 7.27. The van der Waals surface area contributed by atoms with E-state index < -0.39 is 0 Å². The van der Waals surface area contributed by atoms with Crippen molar-refractivity contribution in [3.8, 4) is 0 Å². The lowest BCUT2D eigenvalue weighted by Gasteiger charge is -2.09. The lowest BCUT2D eigenvalue weighted by Crippen LogP contribution is -2.30. The van der Waals surface area contributed by atoms with Crippen molar-refractivity contribution >= 4 is 11.6 Å². The molecule has 0 aliphatic heterocycles. The first-order valence-corrected chi connectivity index (χ1v) is 5.33. The van der Waals surface area contributed by atoms with Crippen LogP contribution >= 0.6 is 0 Å². The van der Waals surface area contributed by atoms with E-state index in [-0.39, 0.29) is 18.4 Å². The Bertz CT molecular complexity index is 353. The summed E-state index contributed by atoms with van der Waals surface area (Å²) in [4.78, 5) is 11.5. The van der Waals surface area contributed by atoms with Crippen LogP contribution in [-0.2, 0) is 11.2 Å². The van der Waals surface area contributed by atoms with E-state index in [0.29, 0.717) is 18.7 Å². The van der Waals surface area contributed by atoms with Crippen molar-refractivity contribution in [3.63, 3.8) is 0 Å². The number of carbonyl (C=O) groups is 1. The van der Waals surface area contributed by atoms with Crippen molar-refractivity contribution < 1.29 is 9.90 Å². The molecule has 1 rings (SSSR count). The number of anilines is 1. The first kappa shape index (κ1) is 12.5. The Morgan fingerprint density at radius 1 is 1.56 bits per heavy atom. The summed E-state index contributed by atoms with van der Waals surface area (Å²) in [7, 11) is 0. The van der Waals surface area contributed by atoms with Gasteiger partial charge in [0.05, 0.1) is 6.42 Å². The van der Waals surface area contributed by atoms with Gasteiger partial charge in [-0.25, -0.2) is 0 Å². The van der Waals surface area contributed by atoms with Crippen LogP contribution in [0, 0.1) is 5.92 Å². The Morgan fingerprint density at radius 3 is 2.94 bits per heavy atom. The maximum absolute atomic E-state index is 11.5. The van der Waals surface area contributed by atoms with E-state index >= 15 is 0 Å². The van der Waals surface area contributed by atoms with Gasteiger partial charge in [-0.05, 0) is 23.6 Å². The number of rotatable bonds is 5. The van der Waals surface area contributed by atoms with Gasteiger partial charge in [0, 0.05) is 18.8 Å². The van der Waals surface area contributed by atoms with Gasteiger partial charge in [0.1, 0.15) is 0 Å². The molecule has 0 radical (unpaired) electrons. The molecule has 88 valence electrons. The zero-order valence-electron chi connectivity index (χ0n) is 9.44. The van der Waals surface area contributed by atoms with Gasteiger partial charge in [0.2, 0.25) is 5.91 Å². The average molecular weight is 222 g/mol. The molecule has 0 bridgehead atoms. The van der Waals surface area contributed by atoms with Crippen molar-refractivity contribution in [2.45, 2.75) is 13.3 Å². The maximum atomic E-state index is 11.5. The van der Waals surface area contributed by atoms with Gasteiger partial charge in [-0.2, -0.15) is 0 Å². The van der Waals surface area contributed by atoms with Gasteiger partial charge >= 0.3 is 0 Å². The second-order valence-electron chi connectivity index (χ2n) is 4.01. The monoisotopic (exact) mass is 222 g/mol. The summed E-state index contributed by atoms with van der Waals surface area (Å²) >= 11 is 0. The quantitative estimate of drug-likeness (QED) is 0.637. The summed E-state index contributed by atoms with van der Waals surface area (Å²) < 4.78 is 0. The van der Waals surface area contributed by atoms with Crippen molar-refractivity contribution in [2.75, 3.05) is 18.9 Å². The van der Waals surface area contributed by atoms with Crippen molar-refractivity contribution in [2.24, 2.45) is 5.92 Å². The zero-order chi connectivity index (χ0) is 12.0. The second kappa shape index (κ2) is 6.12. The van der Waals surface area contributed by atoms with Gasteiger partial charge in [-0.3, -0.25) is 4.79 Å². The third-order valence-electron chi connectivity index (χ3n) is 2.28. The normalized spacial score (nSPS) is 12.1. The van der Waals surface area contributed by atoms with Crippen molar-refractivity contribution in [1.29, 1.82) is 0 Å². The summed E-state index contributed by atoms with van der Waals surface area (Å²) in [5.41, 5.74) is 7.17. The van der Waals surface area contributed by atoms with E-state index in [1.807, 2.05) is 19.1 Å². The molecule has 0 aliphatic rings. The SMILES string of the molecule is CC(CO)CNC(=O)Cc1cccc(N)c1. The highest BCUT2D eigenvalue weighted by Gasteiger charge is 2.05. The van der Waals surface area contributed by atoms with Gasteiger partial charge in [0.25, 0.3) is 0 Å². The Labute approximate surface area is 95.5 Å². The number of amides is 1. The smallest absolute Gasteiger partial charge is 0.224 e. The first-order valence-electron chi connectivity index (χ1n) is 5.33. The van der Waals surface area contributed by atoms with Crippen LogP contribution in [-0.4, -0.2) is 24.2 Å². The molecule has 1 atom stereocenters. The molecule has 1 aromatic rings. The Morgan fingerprint density at radius 2 is 2.31 bits per heavy atom. The van der Waals surface area contributed by atoms with Gasteiger partial charge in [-0.1, -0.05) is 19.1 Å². The molecule has 4 nitrogen and oxygen atoms in total. The third-order valence-corrected chi connectivity index (χ3v) is 2.28. The fraction of sp³-hybridized carbons (Fsp3) is 0.417. The van der Waals surface area contributed by atoms with Crippen LogP contribution in [0.2, 0.25) is 0 Å². The van der Waals surface area contributed by atoms with Crippen molar-refractivity contribution in [3.05, 3.63) is 29.8 Å². The number of nitrogen functional groups attached to an aromatic ring is 1. The first-order chi connectivity index (χ1) is 7.61. The molecular formula is C12H18N2O2. The lowest BCUT2D eigenvalue weighted by molar-refractivity contribution is -0.120. The fourth-order valence-electron chi connectivity index (χ4n) is 1.30. The van der Waals surface area contributed by atoms with Gasteiger partial charge in [0.15, 0.2) is 0 Å². The molecule has 1 unspecified atom stereocenters. The highest BCUT2D eigenvalue weighted by atomic mass is 16.3. The fourth-order valence-corrected chi connectivity index (χ4v) is 1.30. The predicted molar refractivity (Wildman–Crippen MR) is 63.8 cm³/mol. The summed E-state index contributed by atoms with van der Waals surface area (Å²) in [5.74, 6) is 0.0377. The van der Waals surface area contributed by atoms with Gasteiger partial charge in [-0.15, -0.1) is 0 Å². The third kappa shape index (κ3) is 4.31. The maximum Gasteiger partial charge on any atom is 0.224 e. The Balaban J connectivity index is 2.40. The predicted octanol–water partition coefficient (Wildman–Crippen LogP) is 0.556. The van der Waals surface area contributed by atoms with Crippen LogP contribution in [0.5, 0.6) is 0 Å². The van der Waals surface area contributed by atoms with Crippen LogP contribution in [0.25, 0.3) is 0 Å². The zero-order valence-corrected chi connectivity index (χ0v) is 9.44. The molecule has 4 heteroatoms. The molecule has 0 aliphatic carbocycles. The highest BCUT2D eigenvalue weighted by Crippen LogP contribution is 2.06. The van der Waals surface area contributed by atoms with Gasteiger partial charge < -0.3 is 16.2 Å². The molecule has 1 amide bonds. The standard InChI is InChI=1S/C12H18N2O2/c1-9(8-15)7-14-12(16)6-10-3-2-4-11(13)5-10/h2-5,9,15H,6-8,13H2,1H3,(H,14,16). The lowest BCUT2D eigenvalue weighted by atomic mass is 10.1. The number of nitrogens with two attached hydrogens (primary N) is 1. The molecule has 0 fully saturated rings. The molecule has 4 N–H and O–H groups in total. The van der Waals surface area contributed by atoms with Crippen LogP contribution in [0.15, 0.2) is 24.3 Å². The molecule has 0 aromatic heterocycles. The number of aliphatic hydroxyl groups excluding tert-OH is 1. The highest BCUT2D eigenvalue weighted by molar-refractivity contribution is 5.78. The number of hydrogen-bond acceptors (Lipinski definition) is 3. The number of benzene rings is 1. The minimum atomic E-state index is -0.0501. The number of aliphatic hydroxyl groups is 1. The summed E-state index contributed by atoms with van der Waals surface area (Å²) in [5, 5.41) is 11.6. The van der Waals surface area contributed by atoms with E-state index in [2.05, 4.69) is 5.32 Å². The van der Waals surface area contributed by atoms with Crippen molar-refractivity contribution in [1.82, 2.24) is 5.32 Å². The molecule has 0 saturated carbocycles. The largest absolute Gasteiger partial charge is 0.399 e. The Hall–Kier alpha value is -1.55. The van der Waals surface area contributed by atoms with Crippen LogP contribution in [0.3, 0.4) is 0 Å². The topological polar surface area (TPSA) is 75.3 Å². The van der Waals surface area contributed by atoms with E-state index in [4.69, 9.17) is 10.8 Å². The molecule has 0 spiro atoms. The average Bonchev–Trinajstić information content (AvgIpc) is 2.26. The number of carbonyl (C=O) groups excluding carboxylic acids is 1. The van der Waals surface area contributed by atoms with E-state index in [0.717, 1.165) is 5.56 Å². The molecule has 0 saturated heterocycles. The number of hydrogen-bond donors (Lipinski definition) is 3. The van der Waals surface area contributed by atoms with Crippen LogP contribution in [0.4, 0.5) is 5.69 Å². The summed E-state index contributed by atoms with van der Waals surface area (Å²) in [6.07, 6.45) is 0.323.